The van der Waals surface area contributed by atoms with Crippen LogP contribution in [0.2, 0.25) is 0 Å². The van der Waals surface area contributed by atoms with Gasteiger partial charge in [-0.1, -0.05) is 6.58 Å². The van der Waals surface area contributed by atoms with E-state index in [0.717, 1.165) is 24.8 Å². The van der Waals surface area contributed by atoms with E-state index in [-0.39, 0.29) is 18.0 Å². The molecule has 0 spiro atoms. The molecule has 0 aromatic carbocycles. The Balaban J connectivity index is 3.72. The summed E-state index contributed by atoms with van der Waals surface area (Å²) in [6.45, 7) is 8.79. The number of rotatable bonds is 7. The Morgan fingerprint density at radius 2 is 1.75 bits per heavy atom. The first-order valence-electron chi connectivity index (χ1n) is 5.39. The summed E-state index contributed by atoms with van der Waals surface area (Å²) in [4.78, 5) is 21.3. The van der Waals surface area contributed by atoms with Gasteiger partial charge in [0.25, 0.3) is 0 Å². The summed E-state index contributed by atoms with van der Waals surface area (Å²) in [5, 5.41) is 0. The molecule has 0 bridgehead atoms. The molecule has 0 N–H and O–H groups in total. The van der Waals surface area contributed by atoms with Gasteiger partial charge in [0.05, 0.1) is 6.61 Å². The van der Waals surface area contributed by atoms with Crippen molar-refractivity contribution in [2.75, 3.05) is 6.61 Å². The van der Waals surface area contributed by atoms with Gasteiger partial charge in [0.1, 0.15) is 6.10 Å². The van der Waals surface area contributed by atoms with Gasteiger partial charge >= 0.3 is 11.9 Å². The number of unbranched alkanes of at least 4 members (excludes halogenated alkanes) is 1. The highest BCUT2D eigenvalue weighted by Gasteiger charge is 2.12. The summed E-state index contributed by atoms with van der Waals surface area (Å²) in [5.74, 6) is -0.565. The van der Waals surface area contributed by atoms with E-state index in [1.54, 1.807) is 0 Å². The van der Waals surface area contributed by atoms with Gasteiger partial charge in [0.2, 0.25) is 0 Å². The molecule has 0 fully saturated rings. The topological polar surface area (TPSA) is 52.6 Å². The van der Waals surface area contributed by atoms with Crippen molar-refractivity contribution in [3.8, 4) is 0 Å². The molecule has 0 aliphatic carbocycles. The first-order valence-corrected chi connectivity index (χ1v) is 5.39. The molecule has 0 saturated heterocycles. The van der Waals surface area contributed by atoms with E-state index in [0.29, 0.717) is 6.61 Å². The van der Waals surface area contributed by atoms with Crippen LogP contribution in [0.3, 0.4) is 0 Å². The highest BCUT2D eigenvalue weighted by Crippen LogP contribution is 2.12. The van der Waals surface area contributed by atoms with Crippen molar-refractivity contribution in [3.63, 3.8) is 0 Å². The molecular formula is C12H20O4. The Morgan fingerprint density at radius 3 is 2.19 bits per heavy atom. The molecule has 4 nitrogen and oxygen atoms in total. The Kier molecular flexibility index (Phi) is 7.25. The zero-order valence-electron chi connectivity index (χ0n) is 10.2. The van der Waals surface area contributed by atoms with Crippen molar-refractivity contribution < 1.29 is 19.1 Å². The van der Waals surface area contributed by atoms with Crippen LogP contribution in [0.15, 0.2) is 12.2 Å². The van der Waals surface area contributed by atoms with Gasteiger partial charge in [-0.15, -0.1) is 0 Å². The summed E-state index contributed by atoms with van der Waals surface area (Å²) in [6.07, 6.45) is 2.09. The number of hydrogen-bond acceptors (Lipinski definition) is 4. The van der Waals surface area contributed by atoms with E-state index in [4.69, 9.17) is 9.47 Å². The first-order chi connectivity index (χ1) is 7.43. The highest BCUT2D eigenvalue weighted by molar-refractivity contribution is 5.66. The largest absolute Gasteiger partial charge is 0.466 e. The van der Waals surface area contributed by atoms with Gasteiger partial charge < -0.3 is 9.47 Å². The SMILES string of the molecule is C=C(C)C(CCCCOC(C)=O)OC(C)=O. The molecule has 0 aliphatic rings. The molecule has 0 rings (SSSR count). The molecule has 0 saturated carbocycles. The third-order valence-electron chi connectivity index (χ3n) is 2.02. The third kappa shape index (κ3) is 8.03. The molecule has 92 valence electrons. The van der Waals surface area contributed by atoms with Crippen molar-refractivity contribution in [2.45, 2.75) is 46.1 Å². The Bertz CT molecular complexity index is 258. The van der Waals surface area contributed by atoms with Crippen molar-refractivity contribution in [1.82, 2.24) is 0 Å². The number of ether oxygens (including phenoxy) is 2. The Labute approximate surface area is 96.6 Å². The van der Waals surface area contributed by atoms with Gasteiger partial charge in [-0.2, -0.15) is 0 Å². The van der Waals surface area contributed by atoms with E-state index in [9.17, 15) is 9.59 Å². The zero-order chi connectivity index (χ0) is 12.6. The van der Waals surface area contributed by atoms with Crippen LogP contribution in [0, 0.1) is 0 Å². The van der Waals surface area contributed by atoms with Crippen molar-refractivity contribution in [1.29, 1.82) is 0 Å². The molecule has 0 amide bonds. The first kappa shape index (κ1) is 14.7. The molecule has 4 heteroatoms. The predicted octanol–water partition coefficient (Wildman–Crippen LogP) is 2.23. The van der Waals surface area contributed by atoms with Gasteiger partial charge in [-0.25, -0.2) is 0 Å². The fourth-order valence-electron chi connectivity index (χ4n) is 1.25. The minimum absolute atomic E-state index is 0.227. The molecule has 0 radical (unpaired) electrons. The quantitative estimate of drug-likeness (QED) is 0.381. The second-order valence-electron chi connectivity index (χ2n) is 3.78. The summed E-state index contributed by atoms with van der Waals surface area (Å²) in [6, 6.07) is 0. The van der Waals surface area contributed by atoms with E-state index in [1.807, 2.05) is 6.92 Å². The molecule has 0 aromatic heterocycles. The standard InChI is InChI=1S/C12H20O4/c1-9(2)12(16-11(4)14)7-5-6-8-15-10(3)13/h12H,1,5-8H2,2-4H3. The lowest BCUT2D eigenvalue weighted by molar-refractivity contribution is -0.144. The van der Waals surface area contributed by atoms with Crippen LogP contribution < -0.4 is 0 Å². The second kappa shape index (κ2) is 7.91. The summed E-state index contributed by atoms with van der Waals surface area (Å²) in [5.41, 5.74) is 0.836. The van der Waals surface area contributed by atoms with Crippen LogP contribution in [0.1, 0.15) is 40.0 Å². The zero-order valence-corrected chi connectivity index (χ0v) is 10.2. The number of hydrogen-bond donors (Lipinski definition) is 0. The lowest BCUT2D eigenvalue weighted by Gasteiger charge is -2.16. The molecule has 1 unspecified atom stereocenters. The highest BCUT2D eigenvalue weighted by atomic mass is 16.5. The molecule has 0 aliphatic heterocycles. The van der Waals surface area contributed by atoms with Gasteiger partial charge in [-0.3, -0.25) is 9.59 Å². The average molecular weight is 228 g/mol. The minimum Gasteiger partial charge on any atom is -0.466 e. The fraction of sp³-hybridized carbons (Fsp3) is 0.667. The molecule has 16 heavy (non-hydrogen) atoms. The third-order valence-corrected chi connectivity index (χ3v) is 2.02. The molecule has 0 heterocycles. The molecular weight excluding hydrogens is 208 g/mol. The average Bonchev–Trinajstić information content (AvgIpc) is 2.14. The van der Waals surface area contributed by atoms with Gasteiger partial charge in [0, 0.05) is 13.8 Å². The predicted molar refractivity (Wildman–Crippen MR) is 60.9 cm³/mol. The van der Waals surface area contributed by atoms with Crippen LogP contribution in [-0.4, -0.2) is 24.6 Å². The van der Waals surface area contributed by atoms with Gasteiger partial charge in [-0.05, 0) is 31.8 Å². The summed E-state index contributed by atoms with van der Waals surface area (Å²) in [7, 11) is 0. The minimum atomic E-state index is -0.298. The van der Waals surface area contributed by atoms with Crippen LogP contribution >= 0.6 is 0 Å². The lowest BCUT2D eigenvalue weighted by Crippen LogP contribution is -2.17. The second-order valence-corrected chi connectivity index (χ2v) is 3.78. The maximum absolute atomic E-state index is 10.8. The number of carbonyl (C=O) groups is 2. The van der Waals surface area contributed by atoms with E-state index in [1.165, 1.54) is 13.8 Å². The Hall–Kier alpha value is -1.32. The Morgan fingerprint density at radius 1 is 1.12 bits per heavy atom. The van der Waals surface area contributed by atoms with E-state index >= 15 is 0 Å². The van der Waals surface area contributed by atoms with Crippen molar-refractivity contribution in [2.24, 2.45) is 0 Å². The summed E-state index contributed by atoms with van der Waals surface area (Å²) < 4.78 is 9.89. The molecule has 0 aromatic rings. The maximum Gasteiger partial charge on any atom is 0.303 e. The van der Waals surface area contributed by atoms with E-state index < -0.39 is 0 Å². The van der Waals surface area contributed by atoms with Crippen LogP contribution in [0.5, 0.6) is 0 Å². The lowest BCUT2D eigenvalue weighted by atomic mass is 10.1. The van der Waals surface area contributed by atoms with Gasteiger partial charge in [0.15, 0.2) is 0 Å². The molecule has 1 atom stereocenters. The van der Waals surface area contributed by atoms with Crippen molar-refractivity contribution >= 4 is 11.9 Å². The maximum atomic E-state index is 10.8. The summed E-state index contributed by atoms with van der Waals surface area (Å²) >= 11 is 0. The number of carbonyl (C=O) groups excluding carboxylic acids is 2. The van der Waals surface area contributed by atoms with E-state index in [2.05, 4.69) is 6.58 Å². The smallest absolute Gasteiger partial charge is 0.303 e. The normalized spacial score (nSPS) is 11.7. The monoisotopic (exact) mass is 228 g/mol. The van der Waals surface area contributed by atoms with Crippen LogP contribution in [-0.2, 0) is 19.1 Å². The van der Waals surface area contributed by atoms with Crippen LogP contribution in [0.4, 0.5) is 0 Å². The number of esters is 2. The fourth-order valence-corrected chi connectivity index (χ4v) is 1.25. The van der Waals surface area contributed by atoms with Crippen LogP contribution in [0.25, 0.3) is 0 Å². The van der Waals surface area contributed by atoms with Crippen molar-refractivity contribution in [3.05, 3.63) is 12.2 Å².